The van der Waals surface area contributed by atoms with Crippen molar-refractivity contribution in [2.75, 3.05) is 32.1 Å². The SMILES string of the molecule is CC(C)c1ccc(C(O)(c2cncc(C#CC3(O)C(=O)N(C)c4ccccc43)c2)C2(C)CN(C)C2)cc1. The molecule has 0 bridgehead atoms. The molecule has 2 aromatic carbocycles. The van der Waals surface area contributed by atoms with Crippen molar-refractivity contribution in [3.05, 3.63) is 94.8 Å². The van der Waals surface area contributed by atoms with Gasteiger partial charge in [0.15, 0.2) is 0 Å². The van der Waals surface area contributed by atoms with Gasteiger partial charge in [0, 0.05) is 54.6 Å². The normalized spacial score (nSPS) is 22.2. The molecular formula is C31H33N3O3. The number of hydrogen-bond donors (Lipinski definition) is 2. The molecule has 3 aromatic rings. The van der Waals surface area contributed by atoms with E-state index in [1.54, 1.807) is 37.6 Å². The van der Waals surface area contributed by atoms with Gasteiger partial charge in [-0.1, -0.05) is 69.2 Å². The largest absolute Gasteiger partial charge is 0.380 e. The monoisotopic (exact) mass is 495 g/mol. The molecule has 0 spiro atoms. The molecule has 2 N–H and O–H groups in total. The number of carbonyl (C=O) groups excluding carboxylic acids is 1. The van der Waals surface area contributed by atoms with Gasteiger partial charge >= 0.3 is 0 Å². The van der Waals surface area contributed by atoms with E-state index >= 15 is 0 Å². The first-order chi connectivity index (χ1) is 17.5. The average molecular weight is 496 g/mol. The van der Waals surface area contributed by atoms with Gasteiger partial charge in [-0.15, -0.1) is 0 Å². The van der Waals surface area contributed by atoms with Crippen molar-refractivity contribution in [3.8, 4) is 11.8 Å². The molecule has 0 radical (unpaired) electrons. The van der Waals surface area contributed by atoms with Gasteiger partial charge in [0.25, 0.3) is 5.91 Å². The first-order valence-corrected chi connectivity index (χ1v) is 12.6. The second kappa shape index (κ2) is 8.81. The number of pyridine rings is 1. The van der Waals surface area contributed by atoms with E-state index < -0.39 is 22.5 Å². The summed E-state index contributed by atoms with van der Waals surface area (Å²) in [4.78, 5) is 20.9. The molecule has 2 aliphatic heterocycles. The predicted molar refractivity (Wildman–Crippen MR) is 144 cm³/mol. The number of benzene rings is 2. The minimum Gasteiger partial charge on any atom is -0.380 e. The minimum atomic E-state index is -1.94. The molecule has 1 amide bonds. The number of hydrogen-bond acceptors (Lipinski definition) is 5. The van der Waals surface area contributed by atoms with Crippen LogP contribution in [0.15, 0.2) is 67.0 Å². The molecule has 6 nitrogen and oxygen atoms in total. The van der Waals surface area contributed by atoms with E-state index in [1.807, 2.05) is 31.3 Å². The predicted octanol–water partition coefficient (Wildman–Crippen LogP) is 3.61. The highest BCUT2D eigenvalue weighted by molar-refractivity contribution is 6.08. The maximum atomic E-state index is 12.9. The van der Waals surface area contributed by atoms with Crippen LogP contribution in [0.25, 0.3) is 0 Å². The van der Waals surface area contributed by atoms with Crippen LogP contribution in [0.5, 0.6) is 0 Å². The smallest absolute Gasteiger partial charge is 0.276 e. The number of likely N-dealkylation sites (N-methyl/N-ethyl adjacent to an activating group) is 1. The van der Waals surface area contributed by atoms with Crippen LogP contribution >= 0.6 is 0 Å². The van der Waals surface area contributed by atoms with E-state index in [9.17, 15) is 15.0 Å². The van der Waals surface area contributed by atoms with Gasteiger partial charge < -0.3 is 20.0 Å². The third-order valence-corrected chi connectivity index (χ3v) is 7.92. The lowest BCUT2D eigenvalue weighted by atomic mass is 9.62. The molecule has 1 aromatic heterocycles. The van der Waals surface area contributed by atoms with Gasteiger partial charge in [-0.3, -0.25) is 9.78 Å². The molecule has 2 aliphatic rings. The average Bonchev–Trinajstić information content (AvgIpc) is 3.08. The Kier molecular flexibility index (Phi) is 5.99. The Bertz CT molecular complexity index is 1420. The Morgan fingerprint density at radius 3 is 2.35 bits per heavy atom. The number of nitrogens with zero attached hydrogens (tertiary/aromatic N) is 3. The summed E-state index contributed by atoms with van der Waals surface area (Å²) in [6.45, 7) is 7.84. The van der Waals surface area contributed by atoms with Crippen molar-refractivity contribution in [2.24, 2.45) is 5.41 Å². The first-order valence-electron chi connectivity index (χ1n) is 12.6. The molecule has 0 saturated carbocycles. The van der Waals surface area contributed by atoms with E-state index in [4.69, 9.17) is 0 Å². The standard InChI is InChI=1S/C31H33N3O3/c1-21(2)23-10-12-24(13-11-23)31(37,29(3)19-33(4)20-29)25-16-22(17-32-18-25)14-15-30(36)26-8-6-7-9-27(26)34(5)28(30)35/h6-13,16-18,21,36-37H,19-20H2,1-5H3. The summed E-state index contributed by atoms with van der Waals surface area (Å²) in [7, 11) is 3.67. The highest BCUT2D eigenvalue weighted by Crippen LogP contribution is 2.50. The van der Waals surface area contributed by atoms with E-state index in [-0.39, 0.29) is 0 Å². The van der Waals surface area contributed by atoms with Crippen molar-refractivity contribution in [1.82, 2.24) is 9.88 Å². The van der Waals surface area contributed by atoms with E-state index in [0.717, 1.165) is 18.7 Å². The number of likely N-dealkylation sites (tertiary alicyclic amines) is 1. The van der Waals surface area contributed by atoms with Crippen molar-refractivity contribution in [2.45, 2.75) is 37.9 Å². The number of aromatic nitrogens is 1. The maximum Gasteiger partial charge on any atom is 0.276 e. The third-order valence-electron chi connectivity index (χ3n) is 7.92. The number of aliphatic hydroxyl groups is 2. The number of anilines is 1. The highest BCUT2D eigenvalue weighted by atomic mass is 16.3. The highest BCUT2D eigenvalue weighted by Gasteiger charge is 2.55. The Labute approximate surface area is 218 Å². The molecule has 0 aliphatic carbocycles. The lowest BCUT2D eigenvalue weighted by Gasteiger charge is -2.55. The Morgan fingerprint density at radius 2 is 1.70 bits per heavy atom. The molecule has 2 unspecified atom stereocenters. The fourth-order valence-corrected chi connectivity index (χ4v) is 5.88. The van der Waals surface area contributed by atoms with Crippen molar-refractivity contribution >= 4 is 11.6 Å². The van der Waals surface area contributed by atoms with Gasteiger partial charge in [-0.25, -0.2) is 0 Å². The van der Waals surface area contributed by atoms with Gasteiger partial charge in [0.2, 0.25) is 5.60 Å². The van der Waals surface area contributed by atoms with Crippen LogP contribution in [0.3, 0.4) is 0 Å². The van der Waals surface area contributed by atoms with Crippen molar-refractivity contribution in [1.29, 1.82) is 0 Å². The zero-order valence-corrected chi connectivity index (χ0v) is 22.0. The molecule has 190 valence electrons. The number of para-hydroxylation sites is 1. The summed E-state index contributed by atoms with van der Waals surface area (Å²) in [6.07, 6.45) is 3.27. The molecular weight excluding hydrogens is 462 g/mol. The number of carbonyl (C=O) groups is 1. The number of fused-ring (bicyclic) bond motifs is 1. The van der Waals surface area contributed by atoms with Gasteiger partial charge in [0.05, 0.1) is 5.69 Å². The topological polar surface area (TPSA) is 76.9 Å². The molecule has 37 heavy (non-hydrogen) atoms. The molecule has 6 heteroatoms. The summed E-state index contributed by atoms with van der Waals surface area (Å²) in [6, 6.07) is 17.1. The summed E-state index contributed by atoms with van der Waals surface area (Å²) in [5, 5.41) is 23.7. The number of amides is 1. The van der Waals surface area contributed by atoms with Crippen LogP contribution in [-0.2, 0) is 16.0 Å². The van der Waals surface area contributed by atoms with Crippen molar-refractivity contribution < 1.29 is 15.0 Å². The Morgan fingerprint density at radius 1 is 1.03 bits per heavy atom. The molecule has 1 saturated heterocycles. The minimum absolute atomic E-state index is 0.390. The van der Waals surface area contributed by atoms with Gasteiger partial charge in [0.1, 0.15) is 5.60 Å². The quantitative estimate of drug-likeness (QED) is 0.541. The maximum absolute atomic E-state index is 12.9. The Balaban J connectivity index is 1.57. The summed E-state index contributed by atoms with van der Waals surface area (Å²) in [5.41, 5.74) is 0.589. The van der Waals surface area contributed by atoms with E-state index in [0.29, 0.717) is 28.3 Å². The molecule has 3 heterocycles. The second-order valence-electron chi connectivity index (χ2n) is 11.0. The molecule has 2 atom stereocenters. The molecule has 1 fully saturated rings. The summed E-state index contributed by atoms with van der Waals surface area (Å²) in [5.74, 6) is 5.68. The van der Waals surface area contributed by atoms with Crippen LogP contribution < -0.4 is 4.90 Å². The van der Waals surface area contributed by atoms with Crippen molar-refractivity contribution in [3.63, 3.8) is 0 Å². The lowest BCUT2D eigenvalue weighted by molar-refractivity contribution is -0.130. The lowest BCUT2D eigenvalue weighted by Crippen LogP contribution is -2.63. The van der Waals surface area contributed by atoms with Crippen LogP contribution in [-0.4, -0.2) is 53.2 Å². The van der Waals surface area contributed by atoms with Crippen LogP contribution in [0.2, 0.25) is 0 Å². The zero-order valence-electron chi connectivity index (χ0n) is 22.0. The fraction of sp³-hybridized carbons (Fsp3) is 0.355. The second-order valence-corrected chi connectivity index (χ2v) is 11.0. The zero-order chi connectivity index (χ0) is 26.6. The fourth-order valence-electron chi connectivity index (χ4n) is 5.88. The molecule has 5 rings (SSSR count). The van der Waals surface area contributed by atoms with Crippen LogP contribution in [0.4, 0.5) is 5.69 Å². The Hall–Kier alpha value is -3.50. The van der Waals surface area contributed by atoms with E-state index in [2.05, 4.69) is 54.6 Å². The van der Waals surface area contributed by atoms with E-state index in [1.165, 1.54) is 10.5 Å². The first kappa shape index (κ1) is 25.2. The third kappa shape index (κ3) is 3.86. The summed E-state index contributed by atoms with van der Waals surface area (Å²) < 4.78 is 0. The number of rotatable bonds is 4. The van der Waals surface area contributed by atoms with Crippen LogP contribution in [0.1, 0.15) is 54.5 Å². The van der Waals surface area contributed by atoms with Gasteiger partial charge in [-0.05, 0) is 42.1 Å². The summed E-state index contributed by atoms with van der Waals surface area (Å²) >= 11 is 0. The van der Waals surface area contributed by atoms with Gasteiger partial charge in [-0.2, -0.15) is 0 Å². The van der Waals surface area contributed by atoms with Crippen LogP contribution in [0, 0.1) is 17.3 Å².